The minimum absolute atomic E-state index is 0.244. The highest BCUT2D eigenvalue weighted by Crippen LogP contribution is 2.34. The lowest BCUT2D eigenvalue weighted by molar-refractivity contribution is 0.0794. The van der Waals surface area contributed by atoms with Crippen molar-refractivity contribution in [1.29, 1.82) is 0 Å². The highest BCUT2D eigenvalue weighted by molar-refractivity contribution is 8.00. The van der Waals surface area contributed by atoms with Crippen molar-refractivity contribution in [3.8, 4) is 0 Å². The van der Waals surface area contributed by atoms with E-state index in [0.717, 1.165) is 77.2 Å². The Labute approximate surface area is 145 Å². The first-order valence-corrected chi connectivity index (χ1v) is 10.2. The molecule has 1 saturated carbocycles. The van der Waals surface area contributed by atoms with E-state index in [1.807, 2.05) is 11.8 Å². The molecule has 2 rings (SSSR count). The van der Waals surface area contributed by atoms with Crippen LogP contribution in [-0.4, -0.2) is 63.0 Å². The van der Waals surface area contributed by atoms with Crippen LogP contribution in [0.25, 0.3) is 0 Å². The molecule has 1 aliphatic carbocycles. The van der Waals surface area contributed by atoms with Gasteiger partial charge in [0.1, 0.15) is 0 Å². The van der Waals surface area contributed by atoms with E-state index in [4.69, 9.17) is 14.5 Å². The summed E-state index contributed by atoms with van der Waals surface area (Å²) in [6.45, 7) is 8.27. The van der Waals surface area contributed by atoms with Gasteiger partial charge in [-0.3, -0.25) is 4.99 Å². The predicted octanol–water partition coefficient (Wildman–Crippen LogP) is 2.27. The van der Waals surface area contributed by atoms with Crippen LogP contribution in [0.5, 0.6) is 0 Å². The van der Waals surface area contributed by atoms with Crippen LogP contribution in [0.15, 0.2) is 4.99 Å². The van der Waals surface area contributed by atoms with E-state index in [9.17, 15) is 0 Å². The third-order valence-corrected chi connectivity index (χ3v) is 5.92. The van der Waals surface area contributed by atoms with E-state index < -0.39 is 0 Å². The average Bonchev–Trinajstić information content (AvgIpc) is 3.41. The van der Waals surface area contributed by atoms with E-state index in [-0.39, 0.29) is 4.75 Å². The molecule has 0 amide bonds. The summed E-state index contributed by atoms with van der Waals surface area (Å²) in [5.41, 5.74) is 0. The highest BCUT2D eigenvalue weighted by atomic mass is 32.2. The lowest BCUT2D eigenvalue weighted by Gasteiger charge is -2.34. The van der Waals surface area contributed by atoms with Crippen molar-refractivity contribution in [2.24, 2.45) is 10.9 Å². The summed E-state index contributed by atoms with van der Waals surface area (Å²) in [4.78, 5) is 4.81. The summed E-state index contributed by atoms with van der Waals surface area (Å²) in [6.07, 6.45) is 8.12. The molecule has 2 fully saturated rings. The maximum absolute atomic E-state index is 5.67. The molecule has 2 aliphatic rings. The van der Waals surface area contributed by atoms with Crippen molar-refractivity contribution < 1.29 is 9.47 Å². The number of aliphatic imine (C=N–C) groups is 1. The Balaban J connectivity index is 1.67. The molecule has 2 N–H and O–H groups in total. The van der Waals surface area contributed by atoms with Gasteiger partial charge in [0.2, 0.25) is 0 Å². The molecular formula is C17H33N3O2S. The van der Waals surface area contributed by atoms with E-state index in [1.165, 1.54) is 12.8 Å². The molecule has 0 aromatic rings. The van der Waals surface area contributed by atoms with Crippen molar-refractivity contribution in [3.05, 3.63) is 0 Å². The largest absolute Gasteiger partial charge is 0.381 e. The van der Waals surface area contributed by atoms with Crippen molar-refractivity contribution in [2.45, 2.75) is 43.8 Å². The van der Waals surface area contributed by atoms with Crippen molar-refractivity contribution >= 4 is 17.7 Å². The zero-order chi connectivity index (χ0) is 16.4. The first-order valence-electron chi connectivity index (χ1n) is 9.01. The molecule has 0 radical (unpaired) electrons. The van der Waals surface area contributed by atoms with Gasteiger partial charge >= 0.3 is 0 Å². The van der Waals surface area contributed by atoms with Crippen LogP contribution in [0.3, 0.4) is 0 Å². The maximum Gasteiger partial charge on any atom is 0.191 e. The third-order valence-electron chi connectivity index (χ3n) is 4.51. The molecule has 134 valence electrons. The minimum atomic E-state index is 0.244. The second-order valence-electron chi connectivity index (χ2n) is 6.49. The van der Waals surface area contributed by atoms with Crippen LogP contribution in [0.2, 0.25) is 0 Å². The van der Waals surface area contributed by atoms with Gasteiger partial charge in [-0.25, -0.2) is 0 Å². The van der Waals surface area contributed by atoms with Crippen molar-refractivity contribution in [2.75, 3.05) is 52.3 Å². The summed E-state index contributed by atoms with van der Waals surface area (Å²) in [7, 11) is 0. The molecule has 0 unspecified atom stereocenters. The number of nitrogens with zero attached hydrogens (tertiary/aromatic N) is 1. The summed E-state index contributed by atoms with van der Waals surface area (Å²) in [5, 5.41) is 6.76. The highest BCUT2D eigenvalue weighted by Gasteiger charge is 2.31. The van der Waals surface area contributed by atoms with Crippen LogP contribution in [-0.2, 0) is 9.47 Å². The number of hydrogen-bond donors (Lipinski definition) is 2. The molecule has 0 aromatic heterocycles. The first kappa shape index (κ1) is 18.9. The second-order valence-corrected chi connectivity index (χ2v) is 7.77. The van der Waals surface area contributed by atoms with E-state index in [0.29, 0.717) is 0 Å². The fraction of sp³-hybridized carbons (Fsp3) is 0.941. The van der Waals surface area contributed by atoms with Crippen molar-refractivity contribution in [3.63, 3.8) is 0 Å². The number of nitrogens with one attached hydrogen (secondary N) is 2. The molecule has 1 aliphatic heterocycles. The summed E-state index contributed by atoms with van der Waals surface area (Å²) < 4.78 is 11.4. The SMILES string of the molecule is CCNC(=NCC1(SC)CCOCC1)NCCCOCC1CC1. The Morgan fingerprint density at radius 3 is 2.74 bits per heavy atom. The zero-order valence-corrected chi connectivity index (χ0v) is 15.6. The van der Waals surface area contributed by atoms with Crippen LogP contribution < -0.4 is 10.6 Å². The average molecular weight is 344 g/mol. The predicted molar refractivity (Wildman–Crippen MR) is 98.4 cm³/mol. The van der Waals surface area contributed by atoms with Crippen molar-refractivity contribution in [1.82, 2.24) is 10.6 Å². The standard InChI is InChI=1S/C17H33N3O2S/c1-3-18-16(19-9-4-10-22-13-15-5-6-15)20-14-17(23-2)7-11-21-12-8-17/h15H,3-14H2,1-2H3,(H2,18,19,20). The molecule has 1 heterocycles. The summed E-state index contributed by atoms with van der Waals surface area (Å²) >= 11 is 1.93. The number of thioether (sulfide) groups is 1. The molecule has 23 heavy (non-hydrogen) atoms. The molecule has 0 bridgehead atoms. The zero-order valence-electron chi connectivity index (χ0n) is 14.7. The monoisotopic (exact) mass is 343 g/mol. The van der Waals surface area contributed by atoms with Gasteiger partial charge in [-0.05, 0) is 51.2 Å². The minimum Gasteiger partial charge on any atom is -0.381 e. The molecule has 6 heteroatoms. The van der Waals surface area contributed by atoms with Gasteiger partial charge in [0, 0.05) is 44.3 Å². The van der Waals surface area contributed by atoms with Gasteiger partial charge < -0.3 is 20.1 Å². The van der Waals surface area contributed by atoms with Crippen LogP contribution in [0.4, 0.5) is 0 Å². The van der Waals surface area contributed by atoms with Crippen LogP contribution in [0, 0.1) is 5.92 Å². The summed E-state index contributed by atoms with van der Waals surface area (Å²) in [5.74, 6) is 1.78. The number of rotatable bonds is 10. The van der Waals surface area contributed by atoms with E-state index in [2.05, 4.69) is 23.8 Å². The smallest absolute Gasteiger partial charge is 0.191 e. The molecular weight excluding hydrogens is 310 g/mol. The molecule has 0 aromatic carbocycles. The number of hydrogen-bond acceptors (Lipinski definition) is 4. The second kappa shape index (κ2) is 10.4. The Morgan fingerprint density at radius 1 is 1.30 bits per heavy atom. The molecule has 5 nitrogen and oxygen atoms in total. The van der Waals surface area contributed by atoms with Gasteiger partial charge in [-0.1, -0.05) is 0 Å². The van der Waals surface area contributed by atoms with E-state index in [1.54, 1.807) is 0 Å². The molecule has 1 saturated heterocycles. The Kier molecular flexibility index (Phi) is 8.55. The normalized spacial score (nSPS) is 21.2. The Morgan fingerprint density at radius 2 is 2.09 bits per heavy atom. The van der Waals surface area contributed by atoms with Gasteiger partial charge in [0.15, 0.2) is 5.96 Å². The van der Waals surface area contributed by atoms with Gasteiger partial charge in [0.25, 0.3) is 0 Å². The fourth-order valence-corrected chi connectivity index (χ4v) is 3.42. The van der Waals surface area contributed by atoms with Crippen LogP contribution in [0.1, 0.15) is 39.0 Å². The lowest BCUT2D eigenvalue weighted by atomic mass is 9.99. The fourth-order valence-electron chi connectivity index (χ4n) is 2.65. The third kappa shape index (κ3) is 7.31. The van der Waals surface area contributed by atoms with Gasteiger partial charge in [-0.15, -0.1) is 0 Å². The quantitative estimate of drug-likeness (QED) is 0.362. The number of guanidine groups is 1. The maximum atomic E-state index is 5.67. The van der Waals surface area contributed by atoms with E-state index >= 15 is 0 Å². The molecule has 0 atom stereocenters. The molecule has 0 spiro atoms. The van der Waals surface area contributed by atoms with Gasteiger partial charge in [-0.2, -0.15) is 11.8 Å². The Bertz CT molecular complexity index is 356. The van der Waals surface area contributed by atoms with Crippen LogP contribution >= 0.6 is 11.8 Å². The lowest BCUT2D eigenvalue weighted by Crippen LogP contribution is -2.41. The van der Waals surface area contributed by atoms with Gasteiger partial charge in [0.05, 0.1) is 6.54 Å². The summed E-state index contributed by atoms with van der Waals surface area (Å²) in [6, 6.07) is 0. The Hall–Kier alpha value is -0.460. The number of ether oxygens (including phenoxy) is 2. The first-order chi connectivity index (χ1) is 11.3. The topological polar surface area (TPSA) is 54.9 Å².